The van der Waals surface area contributed by atoms with E-state index in [-0.39, 0.29) is 18.4 Å². The number of fused-ring (bicyclic) bond motifs is 1. The van der Waals surface area contributed by atoms with Gasteiger partial charge in [-0.15, -0.1) is 0 Å². The molecule has 0 saturated carbocycles. The number of hydrogen-bond acceptors (Lipinski definition) is 7. The monoisotopic (exact) mass is 462 g/mol. The van der Waals surface area contributed by atoms with Crippen molar-refractivity contribution in [3.05, 3.63) is 65.6 Å². The topological polar surface area (TPSA) is 94.8 Å². The van der Waals surface area contributed by atoms with Gasteiger partial charge in [-0.3, -0.25) is 9.48 Å². The van der Waals surface area contributed by atoms with Crippen LogP contribution in [-0.4, -0.2) is 43.4 Å². The van der Waals surface area contributed by atoms with Crippen LogP contribution in [0.5, 0.6) is 0 Å². The molecule has 0 aliphatic carbocycles. The first kappa shape index (κ1) is 23.9. The van der Waals surface area contributed by atoms with E-state index >= 15 is 0 Å². The van der Waals surface area contributed by atoms with Crippen LogP contribution in [0.25, 0.3) is 0 Å². The average molecular weight is 463 g/mol. The number of anilines is 1. The predicted octanol–water partition coefficient (Wildman–Crippen LogP) is 4.45. The zero-order valence-corrected chi connectivity index (χ0v) is 20.1. The Labute approximate surface area is 201 Å². The fourth-order valence-electron chi connectivity index (χ4n) is 4.28. The lowest BCUT2D eigenvalue weighted by Gasteiger charge is -2.25. The van der Waals surface area contributed by atoms with Crippen LogP contribution < -0.4 is 5.32 Å². The molecule has 34 heavy (non-hydrogen) atoms. The predicted molar refractivity (Wildman–Crippen MR) is 131 cm³/mol. The third-order valence-electron chi connectivity index (χ3n) is 6.27. The molecule has 1 unspecified atom stereocenters. The lowest BCUT2D eigenvalue weighted by Crippen LogP contribution is -2.26. The molecule has 0 spiro atoms. The van der Waals surface area contributed by atoms with Gasteiger partial charge in [0.25, 0.3) is 0 Å². The highest BCUT2D eigenvalue weighted by Gasteiger charge is 2.22. The standard InChI is InChI=1S/C26H34N6O2/c1-3-4-15-34-25(33)16-24(21-17-28-19(2)29-18-21)32-14-12-23(31-32)9-5-8-22-11-10-20-7-6-13-27-26(20)30-22/h6-7,12-14,17-18,22,24H,3-5,8-11,15-16H2,1-2H3,(H,27,30)/t22-,24?/m0/s1. The number of nitrogens with zero attached hydrogens (tertiary/aromatic N) is 5. The second-order valence-corrected chi connectivity index (χ2v) is 8.93. The fraction of sp³-hybridized carbons (Fsp3) is 0.500. The molecule has 8 nitrogen and oxygen atoms in total. The minimum atomic E-state index is -0.286. The maximum Gasteiger partial charge on any atom is 0.308 e. The van der Waals surface area contributed by atoms with Crippen LogP contribution in [0, 0.1) is 6.92 Å². The first-order chi connectivity index (χ1) is 16.6. The van der Waals surface area contributed by atoms with Crippen molar-refractivity contribution in [3.8, 4) is 0 Å². The van der Waals surface area contributed by atoms with Gasteiger partial charge in [-0.25, -0.2) is 15.0 Å². The van der Waals surface area contributed by atoms with Crippen molar-refractivity contribution < 1.29 is 9.53 Å². The Morgan fingerprint density at radius 2 is 2.09 bits per heavy atom. The summed E-state index contributed by atoms with van der Waals surface area (Å²) in [6.45, 7) is 4.37. The summed E-state index contributed by atoms with van der Waals surface area (Å²) in [6.07, 6.45) is 14.6. The molecule has 0 radical (unpaired) electrons. The van der Waals surface area contributed by atoms with Crippen LogP contribution in [-0.2, 0) is 22.4 Å². The first-order valence-corrected chi connectivity index (χ1v) is 12.3. The Kier molecular flexibility index (Phi) is 8.22. The molecule has 0 amide bonds. The number of pyridine rings is 1. The molecule has 2 atom stereocenters. The molecule has 180 valence electrons. The molecule has 4 rings (SSSR count). The van der Waals surface area contributed by atoms with Gasteiger partial charge in [0.1, 0.15) is 11.6 Å². The van der Waals surface area contributed by atoms with Crippen LogP contribution in [0.3, 0.4) is 0 Å². The maximum absolute atomic E-state index is 12.5. The summed E-state index contributed by atoms with van der Waals surface area (Å²) < 4.78 is 7.26. The van der Waals surface area contributed by atoms with E-state index in [0.717, 1.165) is 62.0 Å². The maximum atomic E-state index is 12.5. The highest BCUT2D eigenvalue weighted by Crippen LogP contribution is 2.25. The normalized spacial score (nSPS) is 15.9. The SMILES string of the molecule is CCCCOC(=O)CC(c1cnc(C)nc1)n1ccc(CCC[C@H]2CCc3cccnc3N2)n1. The lowest BCUT2D eigenvalue weighted by molar-refractivity contribution is -0.144. The molecule has 8 heteroatoms. The number of unbranched alkanes of at least 4 members (excludes halogenated alkanes) is 1. The van der Waals surface area contributed by atoms with Crippen LogP contribution in [0.1, 0.15) is 74.1 Å². The Bertz CT molecular complexity index is 1070. The largest absolute Gasteiger partial charge is 0.466 e. The zero-order chi connectivity index (χ0) is 23.8. The molecule has 3 aromatic heterocycles. The van der Waals surface area contributed by atoms with E-state index in [2.05, 4.69) is 33.3 Å². The van der Waals surface area contributed by atoms with Gasteiger partial charge in [0.05, 0.1) is 24.8 Å². The van der Waals surface area contributed by atoms with E-state index in [1.54, 1.807) is 12.4 Å². The molecule has 1 aliphatic heterocycles. The number of carbonyl (C=O) groups excluding carboxylic acids is 1. The van der Waals surface area contributed by atoms with Gasteiger partial charge in [0.15, 0.2) is 0 Å². The average Bonchev–Trinajstić information content (AvgIpc) is 3.32. The molecular formula is C26H34N6O2. The van der Waals surface area contributed by atoms with Gasteiger partial charge >= 0.3 is 5.97 Å². The molecule has 0 bridgehead atoms. The van der Waals surface area contributed by atoms with E-state index in [4.69, 9.17) is 9.84 Å². The van der Waals surface area contributed by atoms with Crippen molar-refractivity contribution in [2.24, 2.45) is 0 Å². The van der Waals surface area contributed by atoms with Crippen molar-refractivity contribution in [1.82, 2.24) is 24.7 Å². The molecule has 1 aliphatic rings. The summed E-state index contributed by atoms with van der Waals surface area (Å²) in [5, 5.41) is 8.37. The van der Waals surface area contributed by atoms with Gasteiger partial charge < -0.3 is 10.1 Å². The van der Waals surface area contributed by atoms with Gasteiger partial charge in [0, 0.05) is 36.4 Å². The number of esters is 1. The van der Waals surface area contributed by atoms with E-state index in [0.29, 0.717) is 18.5 Å². The minimum Gasteiger partial charge on any atom is -0.466 e. The van der Waals surface area contributed by atoms with E-state index in [1.807, 2.05) is 36.1 Å². The van der Waals surface area contributed by atoms with Crippen molar-refractivity contribution in [1.29, 1.82) is 0 Å². The lowest BCUT2D eigenvalue weighted by atomic mass is 9.97. The van der Waals surface area contributed by atoms with Crippen molar-refractivity contribution in [2.75, 3.05) is 11.9 Å². The highest BCUT2D eigenvalue weighted by atomic mass is 16.5. The van der Waals surface area contributed by atoms with E-state index < -0.39 is 0 Å². The summed E-state index contributed by atoms with van der Waals surface area (Å²) in [6, 6.07) is 6.34. The van der Waals surface area contributed by atoms with Gasteiger partial charge in [-0.2, -0.15) is 5.10 Å². The summed E-state index contributed by atoms with van der Waals surface area (Å²) in [4.78, 5) is 25.6. The van der Waals surface area contributed by atoms with E-state index in [1.165, 1.54) is 5.56 Å². The summed E-state index contributed by atoms with van der Waals surface area (Å²) in [5.74, 6) is 1.49. The smallest absolute Gasteiger partial charge is 0.308 e. The number of nitrogens with one attached hydrogen (secondary N) is 1. The Morgan fingerprint density at radius 1 is 1.24 bits per heavy atom. The molecule has 0 saturated heterocycles. The van der Waals surface area contributed by atoms with Gasteiger partial charge in [0.2, 0.25) is 0 Å². The molecular weight excluding hydrogens is 428 g/mol. The van der Waals surface area contributed by atoms with Crippen LogP contribution in [0.15, 0.2) is 43.0 Å². The quantitative estimate of drug-likeness (QED) is 0.332. The van der Waals surface area contributed by atoms with Crippen molar-refractivity contribution in [3.63, 3.8) is 0 Å². The van der Waals surface area contributed by atoms with Crippen LogP contribution in [0.4, 0.5) is 5.82 Å². The second kappa shape index (κ2) is 11.7. The number of carbonyl (C=O) groups is 1. The third kappa shape index (κ3) is 6.40. The molecule has 3 aromatic rings. The number of rotatable bonds is 11. The van der Waals surface area contributed by atoms with Gasteiger partial charge in [-0.1, -0.05) is 19.4 Å². The Hall–Kier alpha value is -3.29. The minimum absolute atomic E-state index is 0.204. The number of hydrogen-bond donors (Lipinski definition) is 1. The zero-order valence-electron chi connectivity index (χ0n) is 20.1. The Balaban J connectivity index is 1.35. The molecule has 1 N–H and O–H groups in total. The summed E-state index contributed by atoms with van der Waals surface area (Å²) >= 11 is 0. The first-order valence-electron chi connectivity index (χ1n) is 12.3. The highest BCUT2D eigenvalue weighted by molar-refractivity contribution is 5.70. The van der Waals surface area contributed by atoms with Gasteiger partial charge in [-0.05, 0) is 63.1 Å². The Morgan fingerprint density at radius 3 is 2.91 bits per heavy atom. The number of aromatic nitrogens is 5. The number of ether oxygens (including phenoxy) is 1. The third-order valence-corrected chi connectivity index (χ3v) is 6.27. The van der Waals surface area contributed by atoms with Crippen LogP contribution in [0.2, 0.25) is 0 Å². The molecule has 0 aromatic carbocycles. The number of aryl methyl sites for hydroxylation is 3. The van der Waals surface area contributed by atoms with Crippen LogP contribution >= 0.6 is 0 Å². The van der Waals surface area contributed by atoms with Crippen molar-refractivity contribution >= 4 is 11.8 Å². The fourth-order valence-corrected chi connectivity index (χ4v) is 4.28. The molecule has 4 heterocycles. The summed E-state index contributed by atoms with van der Waals surface area (Å²) in [5.41, 5.74) is 3.17. The van der Waals surface area contributed by atoms with E-state index in [9.17, 15) is 4.79 Å². The molecule has 0 fully saturated rings. The summed E-state index contributed by atoms with van der Waals surface area (Å²) in [7, 11) is 0. The van der Waals surface area contributed by atoms with Crippen molar-refractivity contribution in [2.45, 2.75) is 77.3 Å². The second-order valence-electron chi connectivity index (χ2n) is 8.93.